The predicted molar refractivity (Wildman–Crippen MR) is 98.7 cm³/mol. The van der Waals surface area contributed by atoms with Crippen molar-refractivity contribution in [2.24, 2.45) is 5.92 Å². The first-order chi connectivity index (χ1) is 11.9. The lowest BCUT2D eigenvalue weighted by atomic mass is 10.0. The maximum absolute atomic E-state index is 12.9. The maximum Gasteiger partial charge on any atom is 0.257 e. The predicted octanol–water partition coefficient (Wildman–Crippen LogP) is 3.47. The number of hydrogen-bond donors (Lipinski definition) is 1. The van der Waals surface area contributed by atoms with Gasteiger partial charge in [-0.1, -0.05) is 18.5 Å². The van der Waals surface area contributed by atoms with Crippen LogP contribution in [0.5, 0.6) is 0 Å². The summed E-state index contributed by atoms with van der Waals surface area (Å²) in [6.07, 6.45) is 3.41. The summed E-state index contributed by atoms with van der Waals surface area (Å²) in [4.78, 5) is 16.3. The van der Waals surface area contributed by atoms with Crippen LogP contribution in [-0.2, 0) is 10.0 Å². The van der Waals surface area contributed by atoms with Crippen molar-refractivity contribution in [1.29, 1.82) is 0 Å². The molecule has 2 heterocycles. The highest BCUT2D eigenvalue weighted by atomic mass is 35.5. The Bertz CT molecular complexity index is 869. The molecule has 0 saturated carbocycles. The third-order valence-corrected chi connectivity index (χ3v) is 7.12. The van der Waals surface area contributed by atoms with Crippen molar-refractivity contribution in [3.05, 3.63) is 40.4 Å². The van der Waals surface area contributed by atoms with Crippen LogP contribution < -0.4 is 5.32 Å². The lowest BCUT2D eigenvalue weighted by Crippen LogP contribution is -2.39. The molecule has 0 radical (unpaired) electrons. The zero-order valence-corrected chi connectivity index (χ0v) is 16.0. The van der Waals surface area contributed by atoms with Gasteiger partial charge in [-0.15, -0.1) is 11.3 Å². The molecule has 1 aromatic heterocycles. The van der Waals surface area contributed by atoms with E-state index in [2.05, 4.69) is 10.3 Å². The molecule has 0 aliphatic carbocycles. The molecule has 1 amide bonds. The number of hydrogen-bond acceptors (Lipinski definition) is 5. The number of nitrogens with zero attached hydrogens (tertiary/aromatic N) is 2. The van der Waals surface area contributed by atoms with Crippen molar-refractivity contribution < 1.29 is 13.2 Å². The van der Waals surface area contributed by atoms with E-state index in [0.717, 1.165) is 12.8 Å². The van der Waals surface area contributed by atoms with Gasteiger partial charge < -0.3 is 0 Å². The van der Waals surface area contributed by atoms with Crippen LogP contribution >= 0.6 is 22.9 Å². The summed E-state index contributed by atoms with van der Waals surface area (Å²) in [7, 11) is -3.74. The Hall–Kier alpha value is -1.48. The van der Waals surface area contributed by atoms with Crippen LogP contribution in [0.3, 0.4) is 0 Å². The molecule has 2 aromatic rings. The minimum absolute atomic E-state index is 0.0324. The fourth-order valence-corrected chi connectivity index (χ4v) is 5.42. The Kier molecular flexibility index (Phi) is 5.43. The smallest absolute Gasteiger partial charge is 0.257 e. The van der Waals surface area contributed by atoms with Gasteiger partial charge in [0.1, 0.15) is 4.90 Å². The summed E-state index contributed by atoms with van der Waals surface area (Å²) >= 11 is 7.42. The number of piperidine rings is 1. The molecule has 1 unspecified atom stereocenters. The molecule has 1 saturated heterocycles. The molecule has 134 valence electrons. The van der Waals surface area contributed by atoms with Crippen LogP contribution in [0.4, 0.5) is 5.13 Å². The summed E-state index contributed by atoms with van der Waals surface area (Å²) < 4.78 is 27.3. The van der Waals surface area contributed by atoms with Crippen molar-refractivity contribution in [2.75, 3.05) is 18.4 Å². The summed E-state index contributed by atoms with van der Waals surface area (Å²) in [5, 5.41) is 4.95. The third-order valence-electron chi connectivity index (χ3n) is 4.08. The summed E-state index contributed by atoms with van der Waals surface area (Å²) in [6.45, 7) is 2.97. The first kappa shape index (κ1) is 18.3. The van der Waals surface area contributed by atoms with Crippen LogP contribution in [0.25, 0.3) is 0 Å². The van der Waals surface area contributed by atoms with Crippen molar-refractivity contribution in [3.63, 3.8) is 0 Å². The first-order valence-corrected chi connectivity index (χ1v) is 10.6. The molecule has 25 heavy (non-hydrogen) atoms. The molecule has 1 atom stereocenters. The highest BCUT2D eigenvalue weighted by Crippen LogP contribution is 2.29. The molecular weight excluding hydrogens is 382 g/mol. The number of thiazole rings is 1. The quantitative estimate of drug-likeness (QED) is 0.853. The van der Waals surface area contributed by atoms with Gasteiger partial charge in [0.05, 0.1) is 5.02 Å². The van der Waals surface area contributed by atoms with Crippen LogP contribution in [-0.4, -0.2) is 36.7 Å². The van der Waals surface area contributed by atoms with E-state index in [-0.39, 0.29) is 15.5 Å². The monoisotopic (exact) mass is 399 g/mol. The Morgan fingerprint density at radius 1 is 1.44 bits per heavy atom. The molecule has 1 aliphatic heterocycles. The fraction of sp³-hybridized carbons (Fsp3) is 0.375. The topological polar surface area (TPSA) is 79.4 Å². The molecule has 9 heteroatoms. The van der Waals surface area contributed by atoms with E-state index in [1.807, 2.05) is 6.92 Å². The zero-order valence-electron chi connectivity index (χ0n) is 13.6. The van der Waals surface area contributed by atoms with Gasteiger partial charge in [0.25, 0.3) is 5.91 Å². The van der Waals surface area contributed by atoms with Crippen LogP contribution in [0.1, 0.15) is 30.1 Å². The molecule has 1 aromatic carbocycles. The molecular formula is C16H18ClN3O3S2. The molecule has 1 aliphatic rings. The van der Waals surface area contributed by atoms with Crippen LogP contribution in [0.15, 0.2) is 34.7 Å². The molecule has 3 rings (SSSR count). The number of aromatic nitrogens is 1. The number of carbonyl (C=O) groups excluding carboxylic acids is 1. The second-order valence-electron chi connectivity index (χ2n) is 6.05. The van der Waals surface area contributed by atoms with Gasteiger partial charge in [-0.2, -0.15) is 4.31 Å². The molecule has 1 N–H and O–H groups in total. The number of benzene rings is 1. The molecule has 6 nitrogen and oxygen atoms in total. The lowest BCUT2D eigenvalue weighted by molar-refractivity contribution is 0.102. The summed E-state index contributed by atoms with van der Waals surface area (Å²) in [6, 6.07) is 4.28. The van der Waals surface area contributed by atoms with Gasteiger partial charge in [0, 0.05) is 30.2 Å². The normalized spacial score (nSPS) is 18.9. The summed E-state index contributed by atoms with van der Waals surface area (Å²) in [5.74, 6) is -0.117. The number of nitrogens with one attached hydrogen (secondary N) is 1. The highest BCUT2D eigenvalue weighted by Gasteiger charge is 2.30. The van der Waals surface area contributed by atoms with Crippen LogP contribution in [0.2, 0.25) is 5.02 Å². The standard InChI is InChI=1S/C16H18ClN3O3S2/c1-11-3-2-7-20(10-11)25(22,23)14-9-12(4-5-13(14)17)15(21)19-16-18-6-8-24-16/h4-6,8-9,11H,2-3,7,10H2,1H3,(H,18,19,21). The van der Waals surface area contributed by atoms with E-state index in [1.54, 1.807) is 11.6 Å². The zero-order chi connectivity index (χ0) is 18.0. The lowest BCUT2D eigenvalue weighted by Gasteiger charge is -2.30. The van der Waals surface area contributed by atoms with Gasteiger partial charge >= 0.3 is 0 Å². The van der Waals surface area contributed by atoms with Crippen LogP contribution in [0, 0.1) is 5.92 Å². The van der Waals surface area contributed by atoms with Crippen molar-refractivity contribution in [3.8, 4) is 0 Å². The van der Waals surface area contributed by atoms with Gasteiger partial charge in [0.2, 0.25) is 10.0 Å². The van der Waals surface area contributed by atoms with E-state index in [0.29, 0.717) is 24.1 Å². The second-order valence-corrected chi connectivity index (χ2v) is 9.26. The minimum Gasteiger partial charge on any atom is -0.298 e. The largest absolute Gasteiger partial charge is 0.298 e. The van der Waals surface area contributed by atoms with E-state index >= 15 is 0 Å². The van der Waals surface area contributed by atoms with Crippen molar-refractivity contribution >= 4 is 44.0 Å². The molecule has 0 bridgehead atoms. The van der Waals surface area contributed by atoms with E-state index in [9.17, 15) is 13.2 Å². The van der Waals surface area contributed by atoms with E-state index in [1.165, 1.54) is 33.8 Å². The minimum atomic E-state index is -3.74. The Morgan fingerprint density at radius 2 is 2.24 bits per heavy atom. The Labute approximate surface area is 155 Å². The second kappa shape index (κ2) is 7.41. The van der Waals surface area contributed by atoms with Gasteiger partial charge in [-0.25, -0.2) is 13.4 Å². The van der Waals surface area contributed by atoms with Crippen molar-refractivity contribution in [2.45, 2.75) is 24.7 Å². The number of amides is 1. The summed E-state index contributed by atoms with van der Waals surface area (Å²) in [5.41, 5.74) is 0.225. The average molecular weight is 400 g/mol. The SMILES string of the molecule is CC1CCCN(S(=O)(=O)c2cc(C(=O)Nc3nccs3)ccc2Cl)C1. The van der Waals surface area contributed by atoms with Gasteiger partial charge in [-0.3, -0.25) is 10.1 Å². The molecule has 1 fully saturated rings. The Morgan fingerprint density at radius 3 is 2.92 bits per heavy atom. The molecule has 0 spiro atoms. The van der Waals surface area contributed by atoms with Gasteiger partial charge in [-0.05, 0) is 37.0 Å². The highest BCUT2D eigenvalue weighted by molar-refractivity contribution is 7.89. The third kappa shape index (κ3) is 4.03. The fourth-order valence-electron chi connectivity index (χ4n) is 2.80. The van der Waals surface area contributed by atoms with Crippen molar-refractivity contribution in [1.82, 2.24) is 9.29 Å². The first-order valence-electron chi connectivity index (χ1n) is 7.88. The number of rotatable bonds is 4. The number of anilines is 1. The number of sulfonamides is 1. The average Bonchev–Trinajstić information content (AvgIpc) is 3.08. The number of carbonyl (C=O) groups is 1. The van der Waals surface area contributed by atoms with E-state index < -0.39 is 15.9 Å². The number of halogens is 1. The Balaban J connectivity index is 1.89. The van der Waals surface area contributed by atoms with Gasteiger partial charge in [0.15, 0.2) is 5.13 Å². The maximum atomic E-state index is 12.9. The van der Waals surface area contributed by atoms with E-state index in [4.69, 9.17) is 11.6 Å².